The van der Waals surface area contributed by atoms with Gasteiger partial charge in [-0.05, 0) is 43.5 Å². The van der Waals surface area contributed by atoms with Gasteiger partial charge in [-0.2, -0.15) is 5.10 Å². The number of ether oxygens (including phenoxy) is 2. The molecule has 0 spiro atoms. The van der Waals surface area contributed by atoms with E-state index in [9.17, 15) is 9.90 Å². The summed E-state index contributed by atoms with van der Waals surface area (Å²) in [5, 5.41) is 13.5. The summed E-state index contributed by atoms with van der Waals surface area (Å²) < 4.78 is 13.4. The van der Waals surface area contributed by atoms with E-state index in [-0.39, 0.29) is 11.5 Å². The van der Waals surface area contributed by atoms with Crippen molar-refractivity contribution in [3.05, 3.63) is 54.8 Å². The molecule has 1 fully saturated rings. The van der Waals surface area contributed by atoms with Gasteiger partial charge in [-0.15, -0.1) is 0 Å². The van der Waals surface area contributed by atoms with Crippen molar-refractivity contribution in [1.29, 1.82) is 0 Å². The highest BCUT2D eigenvalue weighted by molar-refractivity contribution is 5.77. The molecule has 0 aromatic carbocycles. The second-order valence-electron chi connectivity index (χ2n) is 7.64. The van der Waals surface area contributed by atoms with E-state index < -0.39 is 11.6 Å². The van der Waals surface area contributed by atoms with Gasteiger partial charge in [-0.25, -0.2) is 19.4 Å². The molecule has 1 N–H and O–H groups in total. The predicted molar refractivity (Wildman–Crippen MR) is 100 cm³/mol. The Labute approximate surface area is 162 Å². The highest BCUT2D eigenvalue weighted by atomic mass is 16.5. The van der Waals surface area contributed by atoms with Crippen LogP contribution in [0.5, 0.6) is 5.75 Å². The zero-order chi connectivity index (χ0) is 19.8. The van der Waals surface area contributed by atoms with E-state index in [1.807, 2.05) is 18.2 Å². The molecular formula is C20H22N4O4. The minimum absolute atomic E-state index is 0.195. The number of rotatable bonds is 5. The van der Waals surface area contributed by atoms with E-state index in [1.54, 1.807) is 30.2 Å². The summed E-state index contributed by atoms with van der Waals surface area (Å²) in [6, 6.07) is 3.62. The molecule has 3 atom stereocenters. The Balaban J connectivity index is 1.42. The lowest BCUT2D eigenvalue weighted by atomic mass is 9.71. The first-order valence-corrected chi connectivity index (χ1v) is 9.13. The van der Waals surface area contributed by atoms with Crippen LogP contribution in [-0.2, 0) is 9.53 Å². The molecule has 1 aliphatic carbocycles. The van der Waals surface area contributed by atoms with Crippen molar-refractivity contribution in [3.8, 4) is 11.6 Å². The third-order valence-corrected chi connectivity index (χ3v) is 5.45. The van der Waals surface area contributed by atoms with Gasteiger partial charge in [0.05, 0.1) is 12.3 Å². The largest absolute Gasteiger partial charge is 0.487 e. The molecule has 4 rings (SSSR count). The highest BCUT2D eigenvalue weighted by Crippen LogP contribution is 2.45. The van der Waals surface area contributed by atoms with Crippen molar-refractivity contribution < 1.29 is 19.4 Å². The van der Waals surface area contributed by atoms with Crippen LogP contribution in [0.3, 0.4) is 0 Å². The Morgan fingerprint density at radius 2 is 2.25 bits per heavy atom. The van der Waals surface area contributed by atoms with Crippen molar-refractivity contribution >= 4 is 5.97 Å². The van der Waals surface area contributed by atoms with Crippen LogP contribution >= 0.6 is 0 Å². The van der Waals surface area contributed by atoms with Gasteiger partial charge in [0.25, 0.3) is 0 Å². The maximum atomic E-state index is 11.6. The Morgan fingerprint density at radius 3 is 2.93 bits per heavy atom. The third kappa shape index (κ3) is 3.43. The van der Waals surface area contributed by atoms with Crippen LogP contribution < -0.4 is 4.74 Å². The van der Waals surface area contributed by atoms with Crippen LogP contribution in [0.4, 0.5) is 0 Å². The fraction of sp³-hybridized carbons (Fsp3) is 0.400. The average molecular weight is 382 g/mol. The van der Waals surface area contributed by atoms with E-state index in [0.29, 0.717) is 24.6 Å². The van der Waals surface area contributed by atoms with Gasteiger partial charge >= 0.3 is 5.97 Å². The second kappa shape index (κ2) is 6.87. The van der Waals surface area contributed by atoms with Gasteiger partial charge in [-0.1, -0.05) is 19.1 Å². The first-order chi connectivity index (χ1) is 13.4. The van der Waals surface area contributed by atoms with E-state index >= 15 is 0 Å². The molecule has 28 heavy (non-hydrogen) atoms. The zero-order valence-electron chi connectivity index (χ0n) is 15.8. The van der Waals surface area contributed by atoms with Crippen molar-refractivity contribution in [2.24, 2.45) is 5.41 Å². The SMILES string of the molecule is CC1(C(=O)O)CCC2(C)C=CC(COc3ccc(-n4cncn4)nc3)=CC2O1. The molecule has 8 nitrogen and oxygen atoms in total. The van der Waals surface area contributed by atoms with E-state index in [4.69, 9.17) is 9.47 Å². The Hall–Kier alpha value is -3.00. The average Bonchev–Trinajstić information content (AvgIpc) is 3.22. The Morgan fingerprint density at radius 1 is 1.39 bits per heavy atom. The van der Waals surface area contributed by atoms with E-state index in [0.717, 1.165) is 12.0 Å². The summed E-state index contributed by atoms with van der Waals surface area (Å²) in [7, 11) is 0. The topological polar surface area (TPSA) is 99.4 Å². The maximum absolute atomic E-state index is 11.6. The summed E-state index contributed by atoms with van der Waals surface area (Å²) in [4.78, 5) is 19.8. The van der Waals surface area contributed by atoms with E-state index in [2.05, 4.69) is 28.1 Å². The molecule has 146 valence electrons. The maximum Gasteiger partial charge on any atom is 0.335 e. The molecule has 8 heteroatoms. The molecule has 1 saturated heterocycles. The Bertz CT molecular complexity index is 922. The predicted octanol–water partition coefficient (Wildman–Crippen LogP) is 2.57. The summed E-state index contributed by atoms with van der Waals surface area (Å²) in [5.74, 6) is 0.362. The number of hydrogen-bond donors (Lipinski definition) is 1. The molecule has 3 unspecified atom stereocenters. The van der Waals surface area contributed by atoms with Gasteiger partial charge in [-0.3, -0.25) is 0 Å². The summed E-state index contributed by atoms with van der Waals surface area (Å²) >= 11 is 0. The van der Waals surface area contributed by atoms with Gasteiger partial charge in [0.15, 0.2) is 11.4 Å². The molecular weight excluding hydrogens is 360 g/mol. The number of carboxylic acids is 1. The molecule has 2 aromatic heterocycles. The van der Waals surface area contributed by atoms with Crippen LogP contribution in [0.15, 0.2) is 54.8 Å². The number of hydrogen-bond acceptors (Lipinski definition) is 6. The molecule has 0 saturated carbocycles. The highest BCUT2D eigenvalue weighted by Gasteiger charge is 2.48. The molecule has 1 aliphatic heterocycles. The number of aromatic nitrogens is 4. The zero-order valence-corrected chi connectivity index (χ0v) is 15.8. The third-order valence-electron chi connectivity index (χ3n) is 5.45. The van der Waals surface area contributed by atoms with Gasteiger partial charge in [0.1, 0.15) is 25.0 Å². The van der Waals surface area contributed by atoms with Crippen LogP contribution in [0.1, 0.15) is 26.7 Å². The van der Waals surface area contributed by atoms with Crippen LogP contribution in [0.2, 0.25) is 0 Å². The minimum atomic E-state index is -1.15. The number of aliphatic carboxylic acids is 1. The van der Waals surface area contributed by atoms with Gasteiger partial charge in [0.2, 0.25) is 0 Å². The first kappa shape index (κ1) is 18.4. The number of nitrogens with zero attached hydrogens (tertiary/aromatic N) is 4. The number of carbonyl (C=O) groups is 1. The molecule has 0 radical (unpaired) electrons. The van der Waals surface area contributed by atoms with Gasteiger partial charge < -0.3 is 14.6 Å². The summed E-state index contributed by atoms with van der Waals surface area (Å²) in [5.41, 5.74) is -0.407. The fourth-order valence-corrected chi connectivity index (χ4v) is 3.41. The van der Waals surface area contributed by atoms with Crippen molar-refractivity contribution in [3.63, 3.8) is 0 Å². The fourth-order valence-electron chi connectivity index (χ4n) is 3.41. The van der Waals surface area contributed by atoms with Crippen molar-refractivity contribution in [2.45, 2.75) is 38.4 Å². The molecule has 0 amide bonds. The Kier molecular flexibility index (Phi) is 4.50. The lowest BCUT2D eigenvalue weighted by Crippen LogP contribution is -2.51. The monoisotopic (exact) mass is 382 g/mol. The van der Waals surface area contributed by atoms with Crippen molar-refractivity contribution in [2.75, 3.05) is 6.61 Å². The molecule has 0 bridgehead atoms. The quantitative estimate of drug-likeness (QED) is 0.848. The lowest BCUT2D eigenvalue weighted by molar-refractivity contribution is -0.187. The number of fused-ring (bicyclic) bond motifs is 1. The van der Waals surface area contributed by atoms with Crippen LogP contribution in [0, 0.1) is 5.41 Å². The van der Waals surface area contributed by atoms with Crippen LogP contribution in [-0.4, -0.2) is 49.1 Å². The molecule has 2 aliphatic rings. The standard InChI is InChI=1S/C20H22N4O4/c1-19-6-5-14(9-16(19)28-20(2,8-7-19)18(25)26)11-27-15-3-4-17(22-10-15)24-13-21-12-23-24/h3-6,9-10,12-13,16H,7-8,11H2,1-2H3,(H,25,26). The second-order valence-corrected chi connectivity index (χ2v) is 7.64. The van der Waals surface area contributed by atoms with Crippen LogP contribution in [0.25, 0.3) is 5.82 Å². The normalized spacial score (nSPS) is 29.1. The molecule has 3 heterocycles. The minimum Gasteiger partial charge on any atom is -0.487 e. The van der Waals surface area contributed by atoms with Gasteiger partial charge in [0, 0.05) is 5.41 Å². The van der Waals surface area contributed by atoms with E-state index in [1.165, 1.54) is 6.33 Å². The molecule has 2 aromatic rings. The van der Waals surface area contributed by atoms with Crippen molar-refractivity contribution in [1.82, 2.24) is 19.7 Å². The summed E-state index contributed by atoms with van der Waals surface area (Å²) in [6.45, 7) is 4.08. The lowest BCUT2D eigenvalue weighted by Gasteiger charge is -2.46. The number of carboxylic acid groups (broad SMARTS) is 1. The number of pyridine rings is 1. The smallest absolute Gasteiger partial charge is 0.335 e. The first-order valence-electron chi connectivity index (χ1n) is 9.13. The summed E-state index contributed by atoms with van der Waals surface area (Å²) in [6.07, 6.45) is 11.7.